The predicted octanol–water partition coefficient (Wildman–Crippen LogP) is 3.40. The molecule has 152 valence electrons. The van der Waals surface area contributed by atoms with Crippen LogP contribution in [0.2, 0.25) is 5.02 Å². The van der Waals surface area contributed by atoms with Crippen LogP contribution in [0.3, 0.4) is 0 Å². The minimum atomic E-state index is -4.48. The second-order valence-corrected chi connectivity index (χ2v) is 7.34. The fourth-order valence-electron chi connectivity index (χ4n) is 3.48. The van der Waals surface area contributed by atoms with E-state index in [1.165, 1.54) is 10.7 Å². The normalized spacial score (nSPS) is 16.3. The zero-order valence-corrected chi connectivity index (χ0v) is 16.3. The van der Waals surface area contributed by atoms with Gasteiger partial charge in [0.2, 0.25) is 0 Å². The number of amides is 1. The van der Waals surface area contributed by atoms with Crippen molar-refractivity contribution < 1.29 is 18.0 Å². The lowest BCUT2D eigenvalue weighted by atomic mass is 10.0. The van der Waals surface area contributed by atoms with Gasteiger partial charge in [-0.3, -0.25) is 4.79 Å². The first-order valence-corrected chi connectivity index (χ1v) is 9.19. The third-order valence-corrected chi connectivity index (χ3v) is 5.38. The molecule has 10 heteroatoms. The monoisotopic (exact) mass is 434 g/mol. The van der Waals surface area contributed by atoms with Gasteiger partial charge in [-0.15, -0.1) is 12.4 Å². The minimum Gasteiger partial charge on any atom is -0.350 e. The van der Waals surface area contributed by atoms with Gasteiger partial charge in [-0.25, -0.2) is 4.68 Å². The fraction of sp³-hybridized carbons (Fsp3) is 0.444. The molecule has 0 spiro atoms. The molecule has 0 atom stereocenters. The maximum absolute atomic E-state index is 13.1. The van der Waals surface area contributed by atoms with Crippen LogP contribution in [0.1, 0.15) is 33.7 Å². The molecule has 2 N–H and O–H groups in total. The van der Waals surface area contributed by atoms with Crippen molar-refractivity contribution >= 4 is 29.9 Å². The zero-order chi connectivity index (χ0) is 19.2. The molecule has 0 saturated carbocycles. The van der Waals surface area contributed by atoms with E-state index >= 15 is 0 Å². The first-order chi connectivity index (χ1) is 12.8. The number of halogens is 5. The second-order valence-electron chi connectivity index (χ2n) is 6.94. The van der Waals surface area contributed by atoms with E-state index in [1.807, 2.05) is 0 Å². The number of carbonyl (C=O) groups is 1. The maximum Gasteiger partial charge on any atom is 0.416 e. The maximum atomic E-state index is 13.1. The van der Waals surface area contributed by atoms with Crippen molar-refractivity contribution in [3.8, 4) is 5.69 Å². The van der Waals surface area contributed by atoms with Gasteiger partial charge in [0.05, 0.1) is 16.3 Å². The van der Waals surface area contributed by atoms with E-state index in [4.69, 9.17) is 11.6 Å². The molecule has 0 radical (unpaired) electrons. The molecule has 5 nitrogen and oxygen atoms in total. The molecule has 0 bridgehead atoms. The van der Waals surface area contributed by atoms with E-state index in [0.29, 0.717) is 25.3 Å². The Morgan fingerprint density at radius 1 is 1.32 bits per heavy atom. The molecule has 1 saturated heterocycles. The number of benzene rings is 1. The van der Waals surface area contributed by atoms with Crippen LogP contribution in [0.4, 0.5) is 13.2 Å². The lowest BCUT2D eigenvalue weighted by Gasteiger charge is -2.26. The predicted molar refractivity (Wildman–Crippen MR) is 102 cm³/mol. The van der Waals surface area contributed by atoms with Crippen LogP contribution in [0.25, 0.3) is 5.69 Å². The highest BCUT2D eigenvalue weighted by molar-refractivity contribution is 6.32. The number of nitrogens with one attached hydrogen (secondary N) is 2. The molecule has 1 aliphatic heterocycles. The Hall–Kier alpha value is -1.77. The van der Waals surface area contributed by atoms with Gasteiger partial charge in [0.15, 0.2) is 5.69 Å². The summed E-state index contributed by atoms with van der Waals surface area (Å²) in [6.07, 6.45) is -2.32. The van der Waals surface area contributed by atoms with Crippen LogP contribution in [0.5, 0.6) is 0 Å². The third kappa shape index (κ3) is 3.86. The molecule has 2 aliphatic rings. The SMILES string of the molecule is Cl.O=C(NCC1CNC1)c1nn(-c2cc(C(F)(F)F)ccc2Cl)c2c1CCC2. The van der Waals surface area contributed by atoms with Crippen LogP contribution in [0, 0.1) is 5.92 Å². The van der Waals surface area contributed by atoms with Crippen molar-refractivity contribution in [1.82, 2.24) is 20.4 Å². The topological polar surface area (TPSA) is 59.0 Å². The summed E-state index contributed by atoms with van der Waals surface area (Å²) in [5.74, 6) is 0.115. The molecule has 28 heavy (non-hydrogen) atoms. The molecule has 1 fully saturated rings. The number of rotatable bonds is 4. The molecule has 1 aromatic heterocycles. The smallest absolute Gasteiger partial charge is 0.350 e. The number of carbonyl (C=O) groups excluding carboxylic acids is 1. The highest BCUT2D eigenvalue weighted by atomic mass is 35.5. The lowest BCUT2D eigenvalue weighted by Crippen LogP contribution is -2.48. The lowest BCUT2D eigenvalue weighted by molar-refractivity contribution is -0.137. The van der Waals surface area contributed by atoms with Crippen LogP contribution in [0.15, 0.2) is 18.2 Å². The summed E-state index contributed by atoms with van der Waals surface area (Å²) in [4.78, 5) is 12.6. The molecule has 1 amide bonds. The Labute approximate surface area is 171 Å². The Kier molecular flexibility index (Phi) is 5.93. The van der Waals surface area contributed by atoms with Crippen molar-refractivity contribution in [2.24, 2.45) is 5.92 Å². The van der Waals surface area contributed by atoms with Crippen LogP contribution in [-0.2, 0) is 19.0 Å². The van der Waals surface area contributed by atoms with Gasteiger partial charge in [0.1, 0.15) is 0 Å². The van der Waals surface area contributed by atoms with Gasteiger partial charge in [0, 0.05) is 36.8 Å². The van der Waals surface area contributed by atoms with Crippen molar-refractivity contribution in [3.05, 3.63) is 45.7 Å². The van der Waals surface area contributed by atoms with E-state index in [2.05, 4.69) is 15.7 Å². The standard InChI is InChI=1S/C18H18ClF3N4O.ClH/c19-13-5-4-11(18(20,21)22)6-15(13)26-14-3-1-2-12(14)16(25-26)17(27)24-9-10-7-23-8-10;/h4-6,10,23H,1-3,7-9H2,(H,24,27);1H. The summed E-state index contributed by atoms with van der Waals surface area (Å²) in [6.45, 7) is 2.29. The van der Waals surface area contributed by atoms with E-state index in [1.54, 1.807) is 0 Å². The van der Waals surface area contributed by atoms with Crippen LogP contribution >= 0.6 is 24.0 Å². The molecule has 1 aliphatic carbocycles. The highest BCUT2D eigenvalue weighted by Crippen LogP contribution is 2.35. The molecular weight excluding hydrogens is 416 g/mol. The zero-order valence-electron chi connectivity index (χ0n) is 14.8. The highest BCUT2D eigenvalue weighted by Gasteiger charge is 2.33. The van der Waals surface area contributed by atoms with Crippen LogP contribution < -0.4 is 10.6 Å². The molecule has 0 unspecified atom stereocenters. The molecular formula is C18H19Cl2F3N4O. The van der Waals surface area contributed by atoms with E-state index in [0.717, 1.165) is 42.9 Å². The summed E-state index contributed by atoms with van der Waals surface area (Å²) < 4.78 is 40.7. The summed E-state index contributed by atoms with van der Waals surface area (Å²) in [6, 6.07) is 3.14. The van der Waals surface area contributed by atoms with Gasteiger partial charge in [-0.1, -0.05) is 11.6 Å². The van der Waals surface area contributed by atoms with Gasteiger partial charge >= 0.3 is 6.18 Å². The van der Waals surface area contributed by atoms with Gasteiger partial charge < -0.3 is 10.6 Å². The Balaban J connectivity index is 0.00000225. The van der Waals surface area contributed by atoms with Crippen molar-refractivity contribution in [2.75, 3.05) is 19.6 Å². The van der Waals surface area contributed by atoms with Crippen molar-refractivity contribution in [2.45, 2.75) is 25.4 Å². The summed E-state index contributed by atoms with van der Waals surface area (Å²) in [5.41, 5.74) is 1.18. The molecule has 2 aromatic rings. The minimum absolute atomic E-state index is 0. The Morgan fingerprint density at radius 3 is 2.71 bits per heavy atom. The Bertz CT molecular complexity index is 894. The van der Waals surface area contributed by atoms with Gasteiger partial charge in [-0.05, 0) is 37.5 Å². The van der Waals surface area contributed by atoms with Gasteiger partial charge in [-0.2, -0.15) is 18.3 Å². The number of fused-ring (bicyclic) bond motifs is 1. The van der Waals surface area contributed by atoms with E-state index in [9.17, 15) is 18.0 Å². The average Bonchev–Trinajstić information content (AvgIpc) is 3.15. The molecule has 1 aromatic carbocycles. The number of hydrogen-bond acceptors (Lipinski definition) is 3. The van der Waals surface area contributed by atoms with E-state index < -0.39 is 11.7 Å². The summed E-state index contributed by atoms with van der Waals surface area (Å²) >= 11 is 6.16. The Morgan fingerprint density at radius 2 is 2.07 bits per heavy atom. The second kappa shape index (κ2) is 7.93. The molecule has 2 heterocycles. The first-order valence-electron chi connectivity index (χ1n) is 8.81. The van der Waals surface area contributed by atoms with Crippen molar-refractivity contribution in [1.29, 1.82) is 0 Å². The molecule has 4 rings (SSSR count). The largest absolute Gasteiger partial charge is 0.416 e. The number of alkyl halides is 3. The quantitative estimate of drug-likeness (QED) is 0.774. The van der Waals surface area contributed by atoms with E-state index in [-0.39, 0.29) is 34.7 Å². The first kappa shape index (κ1) is 21.0. The summed E-state index contributed by atoms with van der Waals surface area (Å²) in [5, 5.41) is 10.5. The average molecular weight is 435 g/mol. The number of nitrogens with zero attached hydrogens (tertiary/aromatic N) is 2. The van der Waals surface area contributed by atoms with Crippen LogP contribution in [-0.4, -0.2) is 35.3 Å². The summed E-state index contributed by atoms with van der Waals surface area (Å²) in [7, 11) is 0. The number of aromatic nitrogens is 2. The van der Waals surface area contributed by atoms with Gasteiger partial charge in [0.25, 0.3) is 5.91 Å². The number of hydrogen-bond donors (Lipinski definition) is 2. The third-order valence-electron chi connectivity index (χ3n) is 5.06. The fourth-order valence-corrected chi connectivity index (χ4v) is 3.68. The van der Waals surface area contributed by atoms with Crippen molar-refractivity contribution in [3.63, 3.8) is 0 Å².